The Morgan fingerprint density at radius 2 is 1.90 bits per heavy atom. The normalized spacial score (nSPS) is 11.9. The first kappa shape index (κ1) is 13.9. The molecular formula is C15H16N2O3. The number of aromatic nitrogens is 1. The molecule has 5 nitrogen and oxygen atoms in total. The van der Waals surface area contributed by atoms with Crippen molar-refractivity contribution in [3.63, 3.8) is 0 Å². The van der Waals surface area contributed by atoms with Crippen molar-refractivity contribution in [2.45, 2.75) is 19.8 Å². The molecule has 5 heteroatoms. The zero-order valence-corrected chi connectivity index (χ0v) is 11.3. The van der Waals surface area contributed by atoms with Gasteiger partial charge in [0.05, 0.1) is 11.6 Å². The monoisotopic (exact) mass is 272 g/mol. The number of carbonyl (C=O) groups is 2. The van der Waals surface area contributed by atoms with E-state index in [1.54, 1.807) is 13.8 Å². The average molecular weight is 272 g/mol. The second-order valence-corrected chi connectivity index (χ2v) is 4.63. The molecule has 2 rings (SSSR count). The quantitative estimate of drug-likeness (QED) is 0.800. The molecule has 1 heterocycles. The molecule has 0 fully saturated rings. The van der Waals surface area contributed by atoms with Gasteiger partial charge in [-0.3, -0.25) is 4.79 Å². The van der Waals surface area contributed by atoms with Crippen LogP contribution in [0.25, 0.3) is 0 Å². The Labute approximate surface area is 116 Å². The predicted octanol–water partition coefficient (Wildman–Crippen LogP) is 2.76. The largest absolute Gasteiger partial charge is 0.478 e. The van der Waals surface area contributed by atoms with Gasteiger partial charge in [0.2, 0.25) is 5.91 Å². The van der Waals surface area contributed by atoms with Crippen LogP contribution in [-0.4, -0.2) is 22.0 Å². The van der Waals surface area contributed by atoms with Crippen LogP contribution in [0.3, 0.4) is 0 Å². The first-order chi connectivity index (χ1) is 9.50. The molecule has 1 aromatic carbocycles. The van der Waals surface area contributed by atoms with Crippen molar-refractivity contribution in [3.05, 3.63) is 53.3 Å². The third-order valence-corrected chi connectivity index (χ3v) is 3.24. The van der Waals surface area contributed by atoms with Crippen molar-refractivity contribution in [1.82, 2.24) is 4.98 Å². The molecule has 1 unspecified atom stereocenters. The second kappa shape index (κ2) is 5.61. The van der Waals surface area contributed by atoms with Gasteiger partial charge in [-0.05, 0) is 19.4 Å². The Bertz CT molecular complexity index is 632. The van der Waals surface area contributed by atoms with Gasteiger partial charge in [-0.2, -0.15) is 0 Å². The number of benzene rings is 1. The van der Waals surface area contributed by atoms with Gasteiger partial charge in [0.1, 0.15) is 5.56 Å². The fraction of sp³-hybridized carbons (Fsp3) is 0.200. The molecule has 0 radical (unpaired) electrons. The summed E-state index contributed by atoms with van der Waals surface area (Å²) >= 11 is 0. The molecule has 104 valence electrons. The molecule has 20 heavy (non-hydrogen) atoms. The van der Waals surface area contributed by atoms with Crippen molar-refractivity contribution in [1.29, 1.82) is 0 Å². The molecule has 0 saturated heterocycles. The lowest BCUT2D eigenvalue weighted by atomic mass is 10.0. The highest BCUT2D eigenvalue weighted by Gasteiger charge is 2.20. The summed E-state index contributed by atoms with van der Waals surface area (Å²) in [5.41, 5.74) is 1.79. The van der Waals surface area contributed by atoms with Crippen LogP contribution in [0.15, 0.2) is 36.5 Å². The van der Waals surface area contributed by atoms with E-state index in [4.69, 9.17) is 5.11 Å². The van der Waals surface area contributed by atoms with Gasteiger partial charge in [-0.25, -0.2) is 4.79 Å². The summed E-state index contributed by atoms with van der Waals surface area (Å²) < 4.78 is 0. The molecule has 2 aromatic rings. The zero-order chi connectivity index (χ0) is 14.7. The lowest BCUT2D eigenvalue weighted by molar-refractivity contribution is -0.117. The smallest absolute Gasteiger partial charge is 0.339 e. The number of amides is 1. The minimum atomic E-state index is -1.06. The number of anilines is 1. The van der Waals surface area contributed by atoms with Crippen LogP contribution in [0.1, 0.15) is 34.5 Å². The summed E-state index contributed by atoms with van der Waals surface area (Å²) in [6.07, 6.45) is 1.49. The molecule has 0 spiro atoms. The number of rotatable bonds is 4. The number of hydrogen-bond donors (Lipinski definition) is 3. The Kier molecular flexibility index (Phi) is 3.89. The standard InChI is InChI=1S/C15H16N2O3/c1-9(11-6-4-3-5-7-11)14(18)17-12-8-16-10(2)13(12)15(19)20/h3-9,16H,1-2H3,(H,17,18)(H,19,20). The fourth-order valence-electron chi connectivity index (χ4n) is 2.04. The molecule has 1 atom stereocenters. The zero-order valence-electron chi connectivity index (χ0n) is 11.3. The summed E-state index contributed by atoms with van der Waals surface area (Å²) in [7, 11) is 0. The van der Waals surface area contributed by atoms with E-state index in [1.165, 1.54) is 6.20 Å². The number of aryl methyl sites for hydroxylation is 1. The minimum absolute atomic E-state index is 0.0959. The third kappa shape index (κ3) is 2.71. The highest BCUT2D eigenvalue weighted by atomic mass is 16.4. The third-order valence-electron chi connectivity index (χ3n) is 3.24. The first-order valence-corrected chi connectivity index (χ1v) is 6.27. The minimum Gasteiger partial charge on any atom is -0.478 e. The van der Waals surface area contributed by atoms with Crippen LogP contribution in [-0.2, 0) is 4.79 Å². The maximum atomic E-state index is 12.2. The molecule has 1 amide bonds. The molecular weight excluding hydrogens is 256 g/mol. The highest BCUT2D eigenvalue weighted by Crippen LogP contribution is 2.22. The highest BCUT2D eigenvalue weighted by molar-refractivity contribution is 6.03. The van der Waals surface area contributed by atoms with Crippen molar-refractivity contribution in [2.24, 2.45) is 0 Å². The number of carboxylic acids is 1. The average Bonchev–Trinajstić information content (AvgIpc) is 2.79. The van der Waals surface area contributed by atoms with Gasteiger partial charge >= 0.3 is 5.97 Å². The number of nitrogens with one attached hydrogen (secondary N) is 2. The molecule has 0 aliphatic rings. The topological polar surface area (TPSA) is 82.2 Å². The number of carbonyl (C=O) groups excluding carboxylic acids is 1. The number of H-pyrrole nitrogens is 1. The second-order valence-electron chi connectivity index (χ2n) is 4.63. The van der Waals surface area contributed by atoms with Crippen molar-refractivity contribution in [3.8, 4) is 0 Å². The van der Waals surface area contributed by atoms with Crippen molar-refractivity contribution in [2.75, 3.05) is 5.32 Å². The Balaban J connectivity index is 2.18. The van der Waals surface area contributed by atoms with Crippen molar-refractivity contribution >= 4 is 17.6 Å². The Morgan fingerprint density at radius 3 is 2.50 bits per heavy atom. The summed E-state index contributed by atoms with van der Waals surface area (Å²) in [5.74, 6) is -1.66. The summed E-state index contributed by atoms with van der Waals surface area (Å²) in [6.45, 7) is 3.43. The number of aromatic carboxylic acids is 1. The van der Waals surface area contributed by atoms with E-state index in [2.05, 4.69) is 10.3 Å². The van der Waals surface area contributed by atoms with E-state index < -0.39 is 5.97 Å². The number of aromatic amines is 1. The summed E-state index contributed by atoms with van der Waals surface area (Å²) in [6, 6.07) is 9.34. The maximum absolute atomic E-state index is 12.2. The SMILES string of the molecule is Cc1[nH]cc(NC(=O)C(C)c2ccccc2)c1C(=O)O. The first-order valence-electron chi connectivity index (χ1n) is 6.27. The molecule has 3 N–H and O–H groups in total. The van der Waals surface area contributed by atoms with Gasteiger partial charge in [0, 0.05) is 11.9 Å². The molecule has 0 aliphatic carbocycles. The summed E-state index contributed by atoms with van der Waals surface area (Å²) in [4.78, 5) is 26.1. The van der Waals surface area contributed by atoms with Crippen LogP contribution in [0.4, 0.5) is 5.69 Å². The van der Waals surface area contributed by atoms with Crippen LogP contribution < -0.4 is 5.32 Å². The van der Waals surface area contributed by atoms with E-state index in [0.717, 1.165) is 5.56 Å². The van der Waals surface area contributed by atoms with E-state index in [1.807, 2.05) is 30.3 Å². The van der Waals surface area contributed by atoms with Gasteiger partial charge < -0.3 is 15.4 Å². The summed E-state index contributed by atoms with van der Waals surface area (Å²) in [5, 5.41) is 11.8. The fourth-order valence-corrected chi connectivity index (χ4v) is 2.04. The molecule has 0 aliphatic heterocycles. The Morgan fingerprint density at radius 1 is 1.25 bits per heavy atom. The lowest BCUT2D eigenvalue weighted by Gasteiger charge is -2.12. The van der Waals surface area contributed by atoms with E-state index in [0.29, 0.717) is 11.4 Å². The van der Waals surface area contributed by atoms with Gasteiger partial charge in [0.25, 0.3) is 0 Å². The van der Waals surface area contributed by atoms with Gasteiger partial charge in [0.15, 0.2) is 0 Å². The van der Waals surface area contributed by atoms with E-state index >= 15 is 0 Å². The lowest BCUT2D eigenvalue weighted by Crippen LogP contribution is -2.19. The van der Waals surface area contributed by atoms with Gasteiger partial charge in [-0.1, -0.05) is 30.3 Å². The van der Waals surface area contributed by atoms with Crippen LogP contribution in [0, 0.1) is 6.92 Å². The van der Waals surface area contributed by atoms with Crippen LogP contribution >= 0.6 is 0 Å². The maximum Gasteiger partial charge on any atom is 0.339 e. The molecule has 1 aromatic heterocycles. The van der Waals surface area contributed by atoms with E-state index in [-0.39, 0.29) is 17.4 Å². The molecule has 0 bridgehead atoms. The van der Waals surface area contributed by atoms with Crippen LogP contribution in [0.2, 0.25) is 0 Å². The number of hydrogen-bond acceptors (Lipinski definition) is 2. The van der Waals surface area contributed by atoms with Crippen molar-refractivity contribution < 1.29 is 14.7 Å². The number of carboxylic acid groups (broad SMARTS) is 1. The predicted molar refractivity (Wildman–Crippen MR) is 76.0 cm³/mol. The van der Waals surface area contributed by atoms with Crippen LogP contribution in [0.5, 0.6) is 0 Å². The van der Waals surface area contributed by atoms with E-state index in [9.17, 15) is 9.59 Å². The van der Waals surface area contributed by atoms with Gasteiger partial charge in [-0.15, -0.1) is 0 Å². The Hall–Kier alpha value is -2.56. The molecule has 0 saturated carbocycles.